The molecule has 1 rings (SSSR count). The fourth-order valence-corrected chi connectivity index (χ4v) is 1.85. The van der Waals surface area contributed by atoms with E-state index in [2.05, 4.69) is 5.32 Å². The lowest BCUT2D eigenvalue weighted by molar-refractivity contribution is -0.161. The Morgan fingerprint density at radius 3 is 2.47 bits per heavy atom. The molecule has 1 heterocycles. The van der Waals surface area contributed by atoms with Gasteiger partial charge in [-0.3, -0.25) is 4.90 Å². The molecular formula is C10H19F3N2. The molecular weight excluding hydrogens is 205 g/mol. The molecule has 15 heavy (non-hydrogen) atoms. The summed E-state index contributed by atoms with van der Waals surface area (Å²) in [5.74, 6) is 0. The number of hydrogen-bond acceptors (Lipinski definition) is 2. The van der Waals surface area contributed by atoms with Crippen LogP contribution < -0.4 is 5.32 Å². The normalized spacial score (nSPS) is 28.0. The van der Waals surface area contributed by atoms with Gasteiger partial charge >= 0.3 is 6.18 Å². The van der Waals surface area contributed by atoms with Crippen LogP contribution >= 0.6 is 0 Å². The van der Waals surface area contributed by atoms with Crippen molar-refractivity contribution >= 4 is 0 Å². The first-order chi connectivity index (χ1) is 6.74. The first kappa shape index (κ1) is 12.8. The lowest BCUT2D eigenvalue weighted by Crippen LogP contribution is -2.63. The molecule has 1 N–H and O–H groups in total. The van der Waals surface area contributed by atoms with E-state index >= 15 is 0 Å². The van der Waals surface area contributed by atoms with Crippen LogP contribution in [0.3, 0.4) is 0 Å². The standard InChI is InChI=1S/C10H19F3N2/c1-4-8-5-15(7-10(11,12)13)9(2,3)6-14-8/h8,14H,4-7H2,1-3H3. The first-order valence-electron chi connectivity index (χ1n) is 5.30. The first-order valence-corrected chi connectivity index (χ1v) is 5.30. The molecule has 5 heteroatoms. The van der Waals surface area contributed by atoms with Gasteiger partial charge in [0.25, 0.3) is 0 Å². The molecule has 0 aromatic heterocycles. The highest BCUT2D eigenvalue weighted by Gasteiger charge is 2.40. The number of alkyl halides is 3. The molecule has 1 aliphatic rings. The minimum absolute atomic E-state index is 0.181. The van der Waals surface area contributed by atoms with Gasteiger partial charge in [0, 0.05) is 24.7 Å². The minimum Gasteiger partial charge on any atom is -0.311 e. The number of nitrogens with zero attached hydrogens (tertiary/aromatic N) is 1. The quantitative estimate of drug-likeness (QED) is 0.772. The van der Waals surface area contributed by atoms with Crippen LogP contribution in [0.15, 0.2) is 0 Å². The molecule has 0 saturated carbocycles. The van der Waals surface area contributed by atoms with Crippen molar-refractivity contribution in [3.8, 4) is 0 Å². The van der Waals surface area contributed by atoms with Gasteiger partial charge in [0.05, 0.1) is 6.54 Å². The van der Waals surface area contributed by atoms with E-state index in [4.69, 9.17) is 0 Å². The minimum atomic E-state index is -4.10. The molecule has 1 unspecified atom stereocenters. The highest BCUT2D eigenvalue weighted by atomic mass is 19.4. The van der Waals surface area contributed by atoms with E-state index in [1.165, 1.54) is 4.90 Å². The molecule has 1 aliphatic heterocycles. The van der Waals surface area contributed by atoms with Crippen LogP contribution in [-0.4, -0.2) is 42.3 Å². The topological polar surface area (TPSA) is 15.3 Å². The van der Waals surface area contributed by atoms with E-state index in [9.17, 15) is 13.2 Å². The number of hydrogen-bond donors (Lipinski definition) is 1. The van der Waals surface area contributed by atoms with Gasteiger partial charge < -0.3 is 5.32 Å². The summed E-state index contributed by atoms with van der Waals surface area (Å²) in [6.45, 7) is 5.96. The molecule has 0 aromatic carbocycles. The van der Waals surface area contributed by atoms with Crippen LogP contribution in [0.4, 0.5) is 13.2 Å². The zero-order valence-electron chi connectivity index (χ0n) is 9.49. The van der Waals surface area contributed by atoms with Gasteiger partial charge in [-0.1, -0.05) is 6.92 Å². The van der Waals surface area contributed by atoms with Gasteiger partial charge in [-0.25, -0.2) is 0 Å². The molecule has 0 aromatic rings. The van der Waals surface area contributed by atoms with E-state index in [1.54, 1.807) is 0 Å². The highest BCUT2D eigenvalue weighted by molar-refractivity contribution is 4.93. The van der Waals surface area contributed by atoms with E-state index in [0.717, 1.165) is 6.42 Å². The van der Waals surface area contributed by atoms with Crippen molar-refractivity contribution in [1.29, 1.82) is 0 Å². The van der Waals surface area contributed by atoms with Gasteiger partial charge in [-0.15, -0.1) is 0 Å². The Hall–Kier alpha value is -0.290. The molecule has 1 fully saturated rings. The monoisotopic (exact) mass is 224 g/mol. The van der Waals surface area contributed by atoms with Crippen molar-refractivity contribution < 1.29 is 13.2 Å². The van der Waals surface area contributed by atoms with Gasteiger partial charge in [0.2, 0.25) is 0 Å². The maximum absolute atomic E-state index is 12.4. The molecule has 0 radical (unpaired) electrons. The van der Waals surface area contributed by atoms with Gasteiger partial charge in [0.15, 0.2) is 0 Å². The number of nitrogens with one attached hydrogen (secondary N) is 1. The third-order valence-electron chi connectivity index (χ3n) is 2.98. The molecule has 0 bridgehead atoms. The van der Waals surface area contributed by atoms with E-state index in [0.29, 0.717) is 13.1 Å². The summed E-state index contributed by atoms with van der Waals surface area (Å²) in [5, 5.41) is 3.27. The Kier molecular flexibility index (Phi) is 3.66. The Morgan fingerprint density at radius 2 is 2.00 bits per heavy atom. The summed E-state index contributed by atoms with van der Waals surface area (Å²) in [7, 11) is 0. The molecule has 2 nitrogen and oxygen atoms in total. The number of halogens is 3. The Bertz CT molecular complexity index is 213. The van der Waals surface area contributed by atoms with Crippen molar-refractivity contribution in [3.63, 3.8) is 0 Å². The Morgan fingerprint density at radius 1 is 1.40 bits per heavy atom. The Labute approximate surface area is 88.8 Å². The number of piperazine rings is 1. The van der Waals surface area contributed by atoms with Crippen molar-refractivity contribution in [1.82, 2.24) is 10.2 Å². The summed E-state index contributed by atoms with van der Waals surface area (Å²) >= 11 is 0. The lowest BCUT2D eigenvalue weighted by Gasteiger charge is -2.46. The fourth-order valence-electron chi connectivity index (χ4n) is 1.85. The predicted octanol–water partition coefficient (Wildman–Crippen LogP) is 2.01. The SMILES string of the molecule is CCC1CN(CC(F)(F)F)C(C)(C)CN1. The summed E-state index contributed by atoms with van der Waals surface area (Å²) < 4.78 is 37.1. The second kappa shape index (κ2) is 4.29. The van der Waals surface area contributed by atoms with Gasteiger partial charge in [0.1, 0.15) is 0 Å². The Balaban J connectivity index is 2.64. The fraction of sp³-hybridized carbons (Fsp3) is 1.00. The smallest absolute Gasteiger partial charge is 0.311 e. The maximum atomic E-state index is 12.4. The third-order valence-corrected chi connectivity index (χ3v) is 2.98. The molecule has 0 amide bonds. The van der Waals surface area contributed by atoms with E-state index in [-0.39, 0.29) is 6.04 Å². The molecule has 0 spiro atoms. The van der Waals surface area contributed by atoms with Crippen LogP contribution in [0, 0.1) is 0 Å². The van der Waals surface area contributed by atoms with E-state index < -0.39 is 18.3 Å². The highest BCUT2D eigenvalue weighted by Crippen LogP contribution is 2.25. The average molecular weight is 224 g/mol. The van der Waals surface area contributed by atoms with Crippen LogP contribution in [0.2, 0.25) is 0 Å². The van der Waals surface area contributed by atoms with Crippen LogP contribution in [-0.2, 0) is 0 Å². The van der Waals surface area contributed by atoms with Crippen molar-refractivity contribution in [2.45, 2.75) is 44.9 Å². The molecule has 1 saturated heterocycles. The van der Waals surface area contributed by atoms with Crippen molar-refractivity contribution in [2.75, 3.05) is 19.6 Å². The van der Waals surface area contributed by atoms with Crippen LogP contribution in [0.5, 0.6) is 0 Å². The zero-order valence-corrected chi connectivity index (χ0v) is 9.49. The summed E-state index contributed by atoms with van der Waals surface area (Å²) in [6.07, 6.45) is -3.24. The molecule has 1 atom stereocenters. The summed E-state index contributed by atoms with van der Waals surface area (Å²) in [6, 6.07) is 0.181. The lowest BCUT2D eigenvalue weighted by atomic mass is 9.96. The molecule has 90 valence electrons. The van der Waals surface area contributed by atoms with Gasteiger partial charge in [-0.05, 0) is 20.3 Å². The van der Waals surface area contributed by atoms with Crippen LogP contribution in [0.25, 0.3) is 0 Å². The van der Waals surface area contributed by atoms with Gasteiger partial charge in [-0.2, -0.15) is 13.2 Å². The van der Waals surface area contributed by atoms with Crippen molar-refractivity contribution in [3.05, 3.63) is 0 Å². The molecule has 0 aliphatic carbocycles. The second-order valence-corrected chi connectivity index (χ2v) is 4.79. The maximum Gasteiger partial charge on any atom is 0.401 e. The van der Waals surface area contributed by atoms with Crippen LogP contribution in [0.1, 0.15) is 27.2 Å². The number of rotatable bonds is 2. The zero-order chi connectivity index (χ0) is 11.7. The second-order valence-electron chi connectivity index (χ2n) is 4.79. The summed E-state index contributed by atoms with van der Waals surface area (Å²) in [5.41, 5.74) is -0.415. The largest absolute Gasteiger partial charge is 0.401 e. The predicted molar refractivity (Wildman–Crippen MR) is 53.8 cm³/mol. The average Bonchev–Trinajstić information content (AvgIpc) is 2.06. The van der Waals surface area contributed by atoms with E-state index in [1.807, 2.05) is 20.8 Å². The summed E-state index contributed by atoms with van der Waals surface area (Å²) in [4.78, 5) is 1.53. The van der Waals surface area contributed by atoms with Crippen molar-refractivity contribution in [2.24, 2.45) is 0 Å². The third kappa shape index (κ3) is 3.65.